The van der Waals surface area contributed by atoms with E-state index in [1.54, 1.807) is 11.3 Å². The maximum absolute atomic E-state index is 11.9. The molecule has 20 heavy (non-hydrogen) atoms. The molecule has 1 aromatic heterocycles. The topological polar surface area (TPSA) is 41.1 Å². The van der Waals surface area contributed by atoms with Gasteiger partial charge in [0.1, 0.15) is 0 Å². The molecule has 0 unspecified atom stereocenters. The Morgan fingerprint density at radius 2 is 1.80 bits per heavy atom. The molecule has 1 aromatic carbocycles. The molecule has 0 aliphatic rings. The van der Waals surface area contributed by atoms with Crippen LogP contribution in [0.3, 0.4) is 0 Å². The van der Waals surface area contributed by atoms with Crippen LogP contribution in [0.4, 0.5) is 10.5 Å². The fraction of sp³-hybridized carbons (Fsp3) is 0.312. The second-order valence-electron chi connectivity index (χ2n) is 4.54. The highest BCUT2D eigenvalue weighted by atomic mass is 32.1. The van der Waals surface area contributed by atoms with Crippen LogP contribution in [0.25, 0.3) is 0 Å². The second kappa shape index (κ2) is 7.10. The number of benzene rings is 1. The SMILES string of the molecule is CCc1ccc(CNC(=O)Nc2ccccc2CC)s1. The van der Waals surface area contributed by atoms with Crippen molar-refractivity contribution in [2.75, 3.05) is 5.32 Å². The van der Waals surface area contributed by atoms with E-state index in [2.05, 4.69) is 36.6 Å². The van der Waals surface area contributed by atoms with E-state index in [1.165, 1.54) is 9.75 Å². The van der Waals surface area contributed by atoms with Gasteiger partial charge in [0.15, 0.2) is 0 Å². The average molecular weight is 288 g/mol. The summed E-state index contributed by atoms with van der Waals surface area (Å²) < 4.78 is 0. The van der Waals surface area contributed by atoms with E-state index in [-0.39, 0.29) is 6.03 Å². The van der Waals surface area contributed by atoms with Crippen LogP contribution in [0.15, 0.2) is 36.4 Å². The molecule has 106 valence electrons. The van der Waals surface area contributed by atoms with Crippen molar-refractivity contribution < 1.29 is 4.79 Å². The summed E-state index contributed by atoms with van der Waals surface area (Å²) in [5.41, 5.74) is 2.03. The zero-order valence-corrected chi connectivity index (χ0v) is 12.7. The van der Waals surface area contributed by atoms with Crippen molar-refractivity contribution in [3.8, 4) is 0 Å². The lowest BCUT2D eigenvalue weighted by Crippen LogP contribution is -2.28. The molecule has 4 heteroatoms. The van der Waals surface area contributed by atoms with Crippen molar-refractivity contribution >= 4 is 23.1 Å². The molecular weight excluding hydrogens is 268 g/mol. The standard InChI is InChI=1S/C16H20N2OS/c1-3-12-7-5-6-8-15(12)18-16(19)17-11-14-10-9-13(4-2)20-14/h5-10H,3-4,11H2,1-2H3,(H2,17,18,19). The Hall–Kier alpha value is -1.81. The quantitative estimate of drug-likeness (QED) is 0.851. The molecule has 0 radical (unpaired) electrons. The molecule has 1 heterocycles. The summed E-state index contributed by atoms with van der Waals surface area (Å²) in [6.45, 7) is 4.79. The Balaban J connectivity index is 1.89. The largest absolute Gasteiger partial charge is 0.333 e. The number of thiophene rings is 1. The van der Waals surface area contributed by atoms with Crippen molar-refractivity contribution in [2.45, 2.75) is 33.2 Å². The minimum atomic E-state index is -0.155. The number of urea groups is 1. The van der Waals surface area contributed by atoms with Crippen molar-refractivity contribution in [2.24, 2.45) is 0 Å². The molecule has 0 saturated heterocycles. The third kappa shape index (κ3) is 3.84. The van der Waals surface area contributed by atoms with E-state index in [0.29, 0.717) is 6.54 Å². The maximum atomic E-state index is 11.9. The highest BCUT2D eigenvalue weighted by Gasteiger charge is 2.05. The van der Waals surface area contributed by atoms with Crippen LogP contribution < -0.4 is 10.6 Å². The second-order valence-corrected chi connectivity index (χ2v) is 5.79. The Morgan fingerprint density at radius 1 is 1.05 bits per heavy atom. The molecule has 2 aromatic rings. The highest BCUT2D eigenvalue weighted by molar-refractivity contribution is 7.11. The van der Waals surface area contributed by atoms with Crippen LogP contribution in [0, 0.1) is 0 Å². The Kier molecular flexibility index (Phi) is 5.18. The lowest BCUT2D eigenvalue weighted by Gasteiger charge is -2.10. The number of carbonyl (C=O) groups excluding carboxylic acids is 1. The smallest absolute Gasteiger partial charge is 0.319 e. The number of nitrogens with one attached hydrogen (secondary N) is 2. The van der Waals surface area contributed by atoms with Crippen LogP contribution >= 0.6 is 11.3 Å². The fourth-order valence-electron chi connectivity index (χ4n) is 1.99. The van der Waals surface area contributed by atoms with Gasteiger partial charge in [0.25, 0.3) is 0 Å². The van der Waals surface area contributed by atoms with Crippen LogP contribution in [-0.4, -0.2) is 6.03 Å². The molecule has 0 atom stereocenters. The zero-order chi connectivity index (χ0) is 14.4. The van der Waals surface area contributed by atoms with Gasteiger partial charge in [-0.15, -0.1) is 11.3 Å². The van der Waals surface area contributed by atoms with Gasteiger partial charge in [0.05, 0.1) is 6.54 Å². The van der Waals surface area contributed by atoms with Crippen LogP contribution in [0.1, 0.15) is 29.2 Å². The Labute approximate surface area is 124 Å². The predicted octanol–water partition coefficient (Wildman–Crippen LogP) is 4.19. The highest BCUT2D eigenvalue weighted by Crippen LogP contribution is 2.17. The molecular formula is C16H20N2OS. The summed E-state index contributed by atoms with van der Waals surface area (Å²) in [6, 6.07) is 11.9. The van der Waals surface area contributed by atoms with Gasteiger partial charge in [-0.25, -0.2) is 4.79 Å². The lowest BCUT2D eigenvalue weighted by molar-refractivity contribution is 0.252. The van der Waals surface area contributed by atoms with Crippen molar-refractivity contribution in [1.29, 1.82) is 0 Å². The normalized spacial score (nSPS) is 10.3. The van der Waals surface area contributed by atoms with Gasteiger partial charge >= 0.3 is 6.03 Å². The van der Waals surface area contributed by atoms with Crippen LogP contribution in [0.2, 0.25) is 0 Å². The number of anilines is 1. The van der Waals surface area contributed by atoms with Crippen LogP contribution in [-0.2, 0) is 19.4 Å². The van der Waals surface area contributed by atoms with Crippen molar-refractivity contribution in [3.63, 3.8) is 0 Å². The van der Waals surface area contributed by atoms with E-state index in [4.69, 9.17) is 0 Å². The number of para-hydroxylation sites is 1. The molecule has 0 bridgehead atoms. The van der Waals surface area contributed by atoms with Gasteiger partial charge in [0.2, 0.25) is 0 Å². The van der Waals surface area contributed by atoms with Crippen molar-refractivity contribution in [1.82, 2.24) is 5.32 Å². The zero-order valence-electron chi connectivity index (χ0n) is 11.9. The number of carbonyl (C=O) groups is 1. The van der Waals surface area contributed by atoms with Crippen molar-refractivity contribution in [3.05, 3.63) is 51.7 Å². The molecule has 0 spiro atoms. The van der Waals surface area contributed by atoms with E-state index < -0.39 is 0 Å². The molecule has 0 fully saturated rings. The third-order valence-corrected chi connectivity index (χ3v) is 4.36. The van der Waals surface area contributed by atoms with Gasteiger partial charge in [0, 0.05) is 15.4 Å². The first-order chi connectivity index (χ1) is 9.72. The Morgan fingerprint density at radius 3 is 2.50 bits per heavy atom. The van der Waals surface area contributed by atoms with Gasteiger partial charge in [-0.2, -0.15) is 0 Å². The number of amides is 2. The summed E-state index contributed by atoms with van der Waals surface area (Å²) in [7, 11) is 0. The van der Waals surface area contributed by atoms with Crippen LogP contribution in [0.5, 0.6) is 0 Å². The lowest BCUT2D eigenvalue weighted by atomic mass is 10.1. The first kappa shape index (κ1) is 14.6. The summed E-state index contributed by atoms with van der Waals surface area (Å²) in [6.07, 6.45) is 1.95. The van der Waals surface area contributed by atoms with E-state index in [9.17, 15) is 4.79 Å². The molecule has 0 saturated carbocycles. The summed E-state index contributed by atoms with van der Waals surface area (Å²) in [5, 5.41) is 5.80. The minimum Gasteiger partial charge on any atom is -0.333 e. The monoisotopic (exact) mass is 288 g/mol. The predicted molar refractivity (Wildman–Crippen MR) is 85.4 cm³/mol. The first-order valence-corrected chi connectivity index (χ1v) is 7.75. The van der Waals surface area contributed by atoms with E-state index in [1.807, 2.05) is 24.3 Å². The first-order valence-electron chi connectivity index (χ1n) is 6.93. The third-order valence-electron chi connectivity index (χ3n) is 3.14. The van der Waals surface area contributed by atoms with Gasteiger partial charge in [-0.3, -0.25) is 0 Å². The summed E-state index contributed by atoms with van der Waals surface area (Å²) in [4.78, 5) is 14.4. The molecule has 0 aliphatic heterocycles. The molecule has 0 aliphatic carbocycles. The maximum Gasteiger partial charge on any atom is 0.319 e. The number of hydrogen-bond donors (Lipinski definition) is 2. The van der Waals surface area contributed by atoms with Gasteiger partial charge in [-0.05, 0) is 36.6 Å². The minimum absolute atomic E-state index is 0.155. The number of rotatable bonds is 5. The number of hydrogen-bond acceptors (Lipinski definition) is 2. The summed E-state index contributed by atoms with van der Waals surface area (Å²) >= 11 is 1.75. The number of aryl methyl sites for hydroxylation is 2. The molecule has 2 amide bonds. The fourth-order valence-corrected chi connectivity index (χ4v) is 2.89. The average Bonchev–Trinajstić information content (AvgIpc) is 2.94. The molecule has 2 N–H and O–H groups in total. The van der Waals surface area contributed by atoms with E-state index >= 15 is 0 Å². The van der Waals surface area contributed by atoms with Gasteiger partial charge in [-0.1, -0.05) is 32.0 Å². The van der Waals surface area contributed by atoms with Gasteiger partial charge < -0.3 is 10.6 Å². The molecule has 3 nitrogen and oxygen atoms in total. The molecule has 2 rings (SSSR count). The van der Waals surface area contributed by atoms with E-state index in [0.717, 1.165) is 24.1 Å². The summed E-state index contributed by atoms with van der Waals surface area (Å²) in [5.74, 6) is 0. The Bertz CT molecular complexity index is 577.